The maximum atomic E-state index is 13.8. The molecule has 1 heterocycles. The molecule has 1 aliphatic heterocycles. The van der Waals surface area contributed by atoms with Crippen LogP contribution >= 0.6 is 0 Å². The second-order valence-electron chi connectivity index (χ2n) is 4.97. The monoisotopic (exact) mass is 299 g/mol. The maximum Gasteiger partial charge on any atom is 0.328 e. The van der Waals surface area contributed by atoms with Crippen molar-refractivity contribution in [1.29, 1.82) is 0 Å². The van der Waals surface area contributed by atoms with Crippen molar-refractivity contribution < 1.29 is 28.2 Å². The minimum absolute atomic E-state index is 0.0280. The Morgan fingerprint density at radius 2 is 2.00 bits per heavy atom. The standard InChI is InChI=1S/C14H15F2NO4/c1-7-3-9(11(16)5-10(7)15)13(19)17-6-8(18)4-12(17)14(20)21-2/h3,5,8,12,18H,4,6H2,1-2H3. The fourth-order valence-corrected chi connectivity index (χ4v) is 2.37. The van der Waals surface area contributed by atoms with E-state index in [2.05, 4.69) is 4.74 Å². The van der Waals surface area contributed by atoms with Crippen LogP contribution in [-0.4, -0.2) is 47.7 Å². The van der Waals surface area contributed by atoms with Gasteiger partial charge in [-0.2, -0.15) is 0 Å². The predicted octanol–water partition coefficient (Wildman–Crippen LogP) is 1.02. The zero-order valence-corrected chi connectivity index (χ0v) is 11.6. The normalized spacial score (nSPS) is 21.5. The molecule has 2 unspecified atom stereocenters. The number of hydrogen-bond donors (Lipinski definition) is 1. The van der Waals surface area contributed by atoms with E-state index in [1.54, 1.807) is 0 Å². The molecule has 114 valence electrons. The quantitative estimate of drug-likeness (QED) is 0.828. The number of aryl methyl sites for hydroxylation is 1. The van der Waals surface area contributed by atoms with Crippen molar-refractivity contribution >= 4 is 11.9 Å². The van der Waals surface area contributed by atoms with Crippen LogP contribution in [0.25, 0.3) is 0 Å². The van der Waals surface area contributed by atoms with Gasteiger partial charge in [0.1, 0.15) is 17.7 Å². The van der Waals surface area contributed by atoms with E-state index in [1.807, 2.05) is 0 Å². The number of methoxy groups -OCH3 is 1. The Bertz CT molecular complexity index is 591. The van der Waals surface area contributed by atoms with Gasteiger partial charge in [0.25, 0.3) is 5.91 Å². The van der Waals surface area contributed by atoms with Gasteiger partial charge in [-0.1, -0.05) is 0 Å². The molecule has 0 aromatic heterocycles. The molecule has 1 fully saturated rings. The highest BCUT2D eigenvalue weighted by atomic mass is 19.1. The van der Waals surface area contributed by atoms with Crippen LogP contribution in [0, 0.1) is 18.6 Å². The molecule has 1 amide bonds. The fraction of sp³-hybridized carbons (Fsp3) is 0.429. The molecule has 0 bridgehead atoms. The van der Waals surface area contributed by atoms with E-state index in [0.29, 0.717) is 6.07 Å². The molecule has 1 aromatic carbocycles. The van der Waals surface area contributed by atoms with Gasteiger partial charge in [0.15, 0.2) is 0 Å². The van der Waals surface area contributed by atoms with Crippen molar-refractivity contribution in [2.45, 2.75) is 25.5 Å². The summed E-state index contributed by atoms with van der Waals surface area (Å²) in [4.78, 5) is 25.0. The number of carbonyl (C=O) groups is 2. The summed E-state index contributed by atoms with van der Waals surface area (Å²) in [6, 6.07) is 0.746. The first-order chi connectivity index (χ1) is 9.85. The number of aliphatic hydroxyl groups is 1. The molecule has 1 saturated heterocycles. The van der Waals surface area contributed by atoms with Crippen molar-refractivity contribution in [1.82, 2.24) is 4.90 Å². The average Bonchev–Trinajstić information content (AvgIpc) is 2.83. The van der Waals surface area contributed by atoms with Crippen LogP contribution in [0.15, 0.2) is 12.1 Å². The van der Waals surface area contributed by atoms with Gasteiger partial charge in [-0.15, -0.1) is 0 Å². The summed E-state index contributed by atoms with van der Waals surface area (Å²) < 4.78 is 31.6. The topological polar surface area (TPSA) is 66.8 Å². The van der Waals surface area contributed by atoms with Gasteiger partial charge in [-0.05, 0) is 18.6 Å². The number of amides is 1. The first-order valence-electron chi connectivity index (χ1n) is 6.37. The Balaban J connectivity index is 2.34. The van der Waals surface area contributed by atoms with Gasteiger partial charge in [0.05, 0.1) is 18.8 Å². The number of β-amino-alcohol motifs (C(OH)–C–C–N with tert-alkyl or cyclic N) is 1. The van der Waals surface area contributed by atoms with Crippen molar-refractivity contribution in [2.24, 2.45) is 0 Å². The Kier molecular flexibility index (Phi) is 4.22. The Hall–Kier alpha value is -2.02. The lowest BCUT2D eigenvalue weighted by atomic mass is 10.1. The molecule has 2 rings (SSSR count). The first-order valence-corrected chi connectivity index (χ1v) is 6.37. The first kappa shape index (κ1) is 15.4. The Labute approximate surface area is 120 Å². The highest BCUT2D eigenvalue weighted by molar-refractivity contribution is 5.97. The number of carbonyl (C=O) groups excluding carboxylic acids is 2. The fourth-order valence-electron chi connectivity index (χ4n) is 2.37. The minimum Gasteiger partial charge on any atom is -0.467 e. The van der Waals surface area contributed by atoms with Gasteiger partial charge in [0, 0.05) is 19.0 Å². The number of hydrogen-bond acceptors (Lipinski definition) is 4. The lowest BCUT2D eigenvalue weighted by Gasteiger charge is -2.22. The maximum absolute atomic E-state index is 13.8. The molecule has 2 atom stereocenters. The van der Waals surface area contributed by atoms with Crippen LogP contribution in [0.4, 0.5) is 8.78 Å². The molecule has 0 spiro atoms. The lowest BCUT2D eigenvalue weighted by molar-refractivity contribution is -0.145. The van der Waals surface area contributed by atoms with Crippen molar-refractivity contribution in [3.8, 4) is 0 Å². The van der Waals surface area contributed by atoms with E-state index >= 15 is 0 Å². The van der Waals surface area contributed by atoms with Crippen LogP contribution in [0.1, 0.15) is 22.3 Å². The number of benzene rings is 1. The molecule has 1 aliphatic rings. The molecule has 5 nitrogen and oxygen atoms in total. The third-order valence-electron chi connectivity index (χ3n) is 3.49. The van der Waals surface area contributed by atoms with Crippen LogP contribution in [-0.2, 0) is 9.53 Å². The van der Waals surface area contributed by atoms with Crippen molar-refractivity contribution in [3.63, 3.8) is 0 Å². The molecule has 0 aliphatic carbocycles. The Morgan fingerprint density at radius 3 is 2.62 bits per heavy atom. The average molecular weight is 299 g/mol. The van der Waals surface area contributed by atoms with Gasteiger partial charge in [-0.25, -0.2) is 13.6 Å². The number of halogens is 2. The summed E-state index contributed by atoms with van der Waals surface area (Å²) in [7, 11) is 1.16. The van der Waals surface area contributed by atoms with Crippen molar-refractivity contribution in [3.05, 3.63) is 34.9 Å². The zero-order chi connectivity index (χ0) is 15.7. The number of aliphatic hydroxyl groups excluding tert-OH is 1. The number of esters is 1. The van der Waals surface area contributed by atoms with E-state index in [0.717, 1.165) is 18.1 Å². The molecule has 0 radical (unpaired) electrons. The number of rotatable bonds is 2. The summed E-state index contributed by atoms with van der Waals surface area (Å²) in [5.41, 5.74) is -0.217. The highest BCUT2D eigenvalue weighted by Gasteiger charge is 2.40. The van der Waals surface area contributed by atoms with Crippen LogP contribution in [0.2, 0.25) is 0 Å². The molecule has 1 aromatic rings. The van der Waals surface area contributed by atoms with E-state index < -0.39 is 35.7 Å². The largest absolute Gasteiger partial charge is 0.467 e. The van der Waals surface area contributed by atoms with Crippen LogP contribution in [0.3, 0.4) is 0 Å². The SMILES string of the molecule is COC(=O)C1CC(O)CN1C(=O)c1cc(C)c(F)cc1F. The molecule has 1 N–H and O–H groups in total. The number of ether oxygens (including phenoxy) is 1. The predicted molar refractivity (Wildman–Crippen MR) is 68.6 cm³/mol. The van der Waals surface area contributed by atoms with Gasteiger partial charge in [-0.3, -0.25) is 4.79 Å². The summed E-state index contributed by atoms with van der Waals surface area (Å²) in [5.74, 6) is -3.22. The summed E-state index contributed by atoms with van der Waals surface area (Å²) in [5, 5.41) is 9.62. The summed E-state index contributed by atoms with van der Waals surface area (Å²) >= 11 is 0. The zero-order valence-electron chi connectivity index (χ0n) is 11.6. The van der Waals surface area contributed by atoms with Crippen molar-refractivity contribution in [2.75, 3.05) is 13.7 Å². The van der Waals surface area contributed by atoms with E-state index in [-0.39, 0.29) is 24.1 Å². The van der Waals surface area contributed by atoms with Crippen LogP contribution in [0.5, 0.6) is 0 Å². The van der Waals surface area contributed by atoms with Gasteiger partial charge < -0.3 is 14.7 Å². The minimum atomic E-state index is -1.01. The van der Waals surface area contributed by atoms with Gasteiger partial charge in [0.2, 0.25) is 0 Å². The third-order valence-corrected chi connectivity index (χ3v) is 3.49. The summed E-state index contributed by atoms with van der Waals surface area (Å²) in [6.45, 7) is 1.30. The number of nitrogens with zero attached hydrogens (tertiary/aromatic N) is 1. The van der Waals surface area contributed by atoms with E-state index in [1.165, 1.54) is 6.92 Å². The smallest absolute Gasteiger partial charge is 0.328 e. The van der Waals surface area contributed by atoms with Gasteiger partial charge >= 0.3 is 5.97 Å². The second-order valence-corrected chi connectivity index (χ2v) is 4.97. The molecule has 0 saturated carbocycles. The third kappa shape index (κ3) is 2.87. The molecule has 7 heteroatoms. The van der Waals surface area contributed by atoms with E-state index in [4.69, 9.17) is 0 Å². The van der Waals surface area contributed by atoms with Crippen LogP contribution < -0.4 is 0 Å². The molecule has 21 heavy (non-hydrogen) atoms. The second kappa shape index (κ2) is 5.77. The van der Waals surface area contributed by atoms with E-state index in [9.17, 15) is 23.5 Å². The molecular weight excluding hydrogens is 284 g/mol. The number of likely N-dealkylation sites (tertiary alicyclic amines) is 1. The molecular formula is C14H15F2NO4. The lowest BCUT2D eigenvalue weighted by Crippen LogP contribution is -2.41. The highest BCUT2D eigenvalue weighted by Crippen LogP contribution is 2.24. The Morgan fingerprint density at radius 1 is 1.33 bits per heavy atom. The summed E-state index contributed by atoms with van der Waals surface area (Å²) in [6.07, 6.45) is -0.858.